The Morgan fingerprint density at radius 3 is 2.63 bits per heavy atom. The van der Waals surface area contributed by atoms with Crippen molar-refractivity contribution in [1.29, 1.82) is 0 Å². The van der Waals surface area contributed by atoms with Gasteiger partial charge in [-0.2, -0.15) is 0 Å². The lowest BCUT2D eigenvalue weighted by Gasteiger charge is -2.40. The average molecular weight is 433 g/mol. The number of carbonyl (C=O) groups is 3. The van der Waals surface area contributed by atoms with Crippen molar-refractivity contribution in [1.82, 2.24) is 10.2 Å². The molecule has 1 aromatic rings. The second-order valence-electron chi connectivity index (χ2n) is 8.90. The SMILES string of the molecule is C[C@H]1CC(NC(=O)c2cc3c(cc2Cl)NC(=O)C3)CCN1C(=O)[C@H]1CC[C@H](N)CC1. The summed E-state index contributed by atoms with van der Waals surface area (Å²) in [6.07, 6.45) is 5.27. The topological polar surface area (TPSA) is 105 Å². The number of anilines is 1. The van der Waals surface area contributed by atoms with Crippen LogP contribution in [-0.4, -0.2) is 47.3 Å². The maximum atomic E-state index is 12.9. The Morgan fingerprint density at radius 2 is 1.93 bits per heavy atom. The molecule has 7 nitrogen and oxygen atoms in total. The normalized spacial score (nSPS) is 28.6. The predicted octanol–water partition coefficient (Wildman–Crippen LogP) is 2.46. The van der Waals surface area contributed by atoms with E-state index >= 15 is 0 Å². The van der Waals surface area contributed by atoms with E-state index in [4.69, 9.17) is 17.3 Å². The second-order valence-corrected chi connectivity index (χ2v) is 9.31. The number of hydrogen-bond acceptors (Lipinski definition) is 4. The molecule has 0 bridgehead atoms. The molecule has 1 unspecified atom stereocenters. The van der Waals surface area contributed by atoms with Gasteiger partial charge in [0.05, 0.1) is 17.0 Å². The van der Waals surface area contributed by atoms with Gasteiger partial charge in [0.25, 0.3) is 5.91 Å². The first kappa shape index (κ1) is 21.1. The molecule has 3 aliphatic rings. The zero-order valence-corrected chi connectivity index (χ0v) is 18.0. The number of hydrogen-bond donors (Lipinski definition) is 3. The fourth-order valence-electron chi connectivity index (χ4n) is 4.92. The highest BCUT2D eigenvalue weighted by atomic mass is 35.5. The predicted molar refractivity (Wildman–Crippen MR) is 115 cm³/mol. The largest absolute Gasteiger partial charge is 0.349 e. The van der Waals surface area contributed by atoms with E-state index in [9.17, 15) is 14.4 Å². The third-order valence-corrected chi connectivity index (χ3v) is 6.99. The Kier molecular flexibility index (Phi) is 6.02. The summed E-state index contributed by atoms with van der Waals surface area (Å²) in [6.45, 7) is 2.69. The van der Waals surface area contributed by atoms with Crippen LogP contribution in [0.2, 0.25) is 5.02 Å². The molecule has 4 rings (SSSR count). The maximum absolute atomic E-state index is 12.9. The first-order valence-electron chi connectivity index (χ1n) is 10.8. The molecule has 8 heteroatoms. The molecule has 1 saturated carbocycles. The van der Waals surface area contributed by atoms with Gasteiger partial charge in [-0.05, 0) is 63.1 Å². The van der Waals surface area contributed by atoms with E-state index in [1.54, 1.807) is 12.1 Å². The van der Waals surface area contributed by atoms with Crippen LogP contribution < -0.4 is 16.4 Å². The van der Waals surface area contributed by atoms with Gasteiger partial charge in [0, 0.05) is 36.3 Å². The number of nitrogens with zero attached hydrogens (tertiary/aromatic N) is 1. The molecule has 2 heterocycles. The van der Waals surface area contributed by atoms with E-state index in [0.717, 1.165) is 37.7 Å². The quantitative estimate of drug-likeness (QED) is 0.682. The first-order chi connectivity index (χ1) is 14.3. The Labute approximate surface area is 181 Å². The number of fused-ring (bicyclic) bond motifs is 1. The summed E-state index contributed by atoms with van der Waals surface area (Å²) in [6, 6.07) is 3.62. The summed E-state index contributed by atoms with van der Waals surface area (Å²) in [5.74, 6) is -0.0113. The van der Waals surface area contributed by atoms with Crippen molar-refractivity contribution < 1.29 is 14.4 Å². The minimum absolute atomic E-state index is 0.0135. The Bertz CT molecular complexity index is 866. The Balaban J connectivity index is 1.35. The number of nitrogens with one attached hydrogen (secondary N) is 2. The van der Waals surface area contributed by atoms with Gasteiger partial charge < -0.3 is 21.3 Å². The standard InChI is InChI=1S/C22H29ClN4O3/c1-12-8-16(6-7-27(12)22(30)13-2-4-15(24)5-3-13)25-21(29)17-9-14-10-20(28)26-19(14)11-18(17)23/h9,11-13,15-16H,2-8,10,24H2,1H3,(H,25,29)(H,26,28)/t12-,13-,15-,16?/m0/s1. The summed E-state index contributed by atoms with van der Waals surface area (Å²) in [4.78, 5) is 39.3. The minimum Gasteiger partial charge on any atom is -0.349 e. The van der Waals surface area contributed by atoms with Gasteiger partial charge in [-0.15, -0.1) is 0 Å². The number of carbonyl (C=O) groups excluding carboxylic acids is 3. The fourth-order valence-corrected chi connectivity index (χ4v) is 5.17. The van der Waals surface area contributed by atoms with Crippen LogP contribution in [0.25, 0.3) is 0 Å². The molecule has 30 heavy (non-hydrogen) atoms. The molecule has 4 N–H and O–H groups in total. The van der Waals surface area contributed by atoms with Crippen LogP contribution in [-0.2, 0) is 16.0 Å². The summed E-state index contributed by atoms with van der Waals surface area (Å²) >= 11 is 6.28. The summed E-state index contributed by atoms with van der Waals surface area (Å²) in [5, 5.41) is 6.13. The smallest absolute Gasteiger partial charge is 0.253 e. The second kappa shape index (κ2) is 8.55. The van der Waals surface area contributed by atoms with Crippen LogP contribution in [0.1, 0.15) is 61.4 Å². The molecule has 162 valence electrons. The van der Waals surface area contributed by atoms with Crippen molar-refractivity contribution in [2.45, 2.75) is 70.0 Å². The molecule has 1 aliphatic carbocycles. The van der Waals surface area contributed by atoms with Gasteiger partial charge in [0.15, 0.2) is 0 Å². The van der Waals surface area contributed by atoms with Crippen molar-refractivity contribution in [3.8, 4) is 0 Å². The number of likely N-dealkylation sites (tertiary alicyclic amines) is 1. The Hall–Kier alpha value is -2.12. The number of nitrogens with two attached hydrogens (primary N) is 1. The number of rotatable bonds is 3. The van der Waals surface area contributed by atoms with Gasteiger partial charge in [-0.25, -0.2) is 0 Å². The maximum Gasteiger partial charge on any atom is 0.253 e. The van der Waals surface area contributed by atoms with E-state index < -0.39 is 0 Å². The van der Waals surface area contributed by atoms with Gasteiger partial charge in [0.1, 0.15) is 0 Å². The zero-order valence-electron chi connectivity index (χ0n) is 17.2. The molecule has 0 aromatic heterocycles. The molecule has 0 radical (unpaired) electrons. The van der Waals surface area contributed by atoms with Crippen LogP contribution >= 0.6 is 11.6 Å². The van der Waals surface area contributed by atoms with Crippen LogP contribution in [0.5, 0.6) is 0 Å². The van der Waals surface area contributed by atoms with E-state index in [1.807, 2.05) is 11.8 Å². The molecule has 1 saturated heterocycles. The van der Waals surface area contributed by atoms with Crippen molar-refractivity contribution in [2.24, 2.45) is 11.7 Å². The van der Waals surface area contributed by atoms with E-state index in [0.29, 0.717) is 29.2 Å². The van der Waals surface area contributed by atoms with Crippen LogP contribution in [0.4, 0.5) is 5.69 Å². The number of halogens is 1. The van der Waals surface area contributed by atoms with Crippen LogP contribution in [0.3, 0.4) is 0 Å². The fraction of sp³-hybridized carbons (Fsp3) is 0.591. The zero-order chi connectivity index (χ0) is 21.4. The van der Waals surface area contributed by atoms with Crippen molar-refractivity contribution >= 4 is 35.0 Å². The monoisotopic (exact) mass is 432 g/mol. The third-order valence-electron chi connectivity index (χ3n) is 6.68. The molecular weight excluding hydrogens is 404 g/mol. The molecule has 0 spiro atoms. The van der Waals surface area contributed by atoms with Gasteiger partial charge in [-0.3, -0.25) is 14.4 Å². The first-order valence-corrected chi connectivity index (χ1v) is 11.2. The van der Waals surface area contributed by atoms with Crippen molar-refractivity contribution in [3.63, 3.8) is 0 Å². The molecule has 1 aromatic carbocycles. The van der Waals surface area contributed by atoms with Crippen molar-refractivity contribution in [3.05, 3.63) is 28.3 Å². The molecule has 3 amide bonds. The summed E-state index contributed by atoms with van der Waals surface area (Å²) in [5.41, 5.74) is 7.81. The van der Waals surface area contributed by atoms with Gasteiger partial charge >= 0.3 is 0 Å². The van der Waals surface area contributed by atoms with Gasteiger partial charge in [-0.1, -0.05) is 11.6 Å². The lowest BCUT2D eigenvalue weighted by molar-refractivity contribution is -0.140. The molecule has 2 fully saturated rings. The average Bonchev–Trinajstić information content (AvgIpc) is 3.06. The molecule has 2 atom stereocenters. The summed E-state index contributed by atoms with van der Waals surface area (Å²) in [7, 11) is 0. The van der Waals surface area contributed by atoms with E-state index in [2.05, 4.69) is 10.6 Å². The lowest BCUT2D eigenvalue weighted by atomic mass is 9.84. The number of benzene rings is 1. The van der Waals surface area contributed by atoms with Gasteiger partial charge in [0.2, 0.25) is 11.8 Å². The van der Waals surface area contributed by atoms with E-state index in [-0.39, 0.29) is 48.2 Å². The highest BCUT2D eigenvalue weighted by molar-refractivity contribution is 6.34. The highest BCUT2D eigenvalue weighted by Crippen LogP contribution is 2.31. The van der Waals surface area contributed by atoms with Crippen LogP contribution in [0.15, 0.2) is 12.1 Å². The molecular formula is C22H29ClN4O3. The Morgan fingerprint density at radius 1 is 1.20 bits per heavy atom. The van der Waals surface area contributed by atoms with Crippen molar-refractivity contribution in [2.75, 3.05) is 11.9 Å². The highest BCUT2D eigenvalue weighted by Gasteiger charge is 2.35. The third kappa shape index (κ3) is 4.32. The lowest BCUT2D eigenvalue weighted by Crippen LogP contribution is -2.52. The number of amides is 3. The molecule has 2 aliphatic heterocycles. The number of piperidine rings is 1. The van der Waals surface area contributed by atoms with E-state index in [1.165, 1.54) is 0 Å². The minimum atomic E-state index is -0.236. The summed E-state index contributed by atoms with van der Waals surface area (Å²) < 4.78 is 0. The van der Waals surface area contributed by atoms with Crippen LogP contribution in [0, 0.1) is 5.92 Å².